The Bertz CT molecular complexity index is 533. The summed E-state index contributed by atoms with van der Waals surface area (Å²) in [5.74, 6) is -0.0408. The first-order valence-electron chi connectivity index (χ1n) is 7.35. The lowest BCUT2D eigenvalue weighted by molar-refractivity contribution is -0.160. The maximum atomic E-state index is 12.9. The monoisotopic (exact) mass is 308 g/mol. The van der Waals surface area contributed by atoms with Crippen molar-refractivity contribution < 1.29 is 9.59 Å². The SMILES string of the molecule is CCC1(C)C(=O)NC(C(C)(C)C)C(=O)N1Cc1cccs1. The van der Waals surface area contributed by atoms with Gasteiger partial charge in [-0.15, -0.1) is 11.3 Å². The molecule has 2 unspecified atom stereocenters. The molecule has 0 radical (unpaired) electrons. The van der Waals surface area contributed by atoms with E-state index in [4.69, 9.17) is 0 Å². The van der Waals surface area contributed by atoms with E-state index in [0.717, 1.165) is 4.88 Å². The lowest BCUT2D eigenvalue weighted by Crippen LogP contribution is -2.71. The summed E-state index contributed by atoms with van der Waals surface area (Å²) in [5, 5.41) is 4.92. The lowest BCUT2D eigenvalue weighted by Gasteiger charge is -2.48. The third-order valence-electron chi connectivity index (χ3n) is 4.32. The Balaban J connectivity index is 2.38. The zero-order valence-electron chi connectivity index (χ0n) is 13.4. The molecule has 1 saturated heterocycles. The molecule has 4 nitrogen and oxygen atoms in total. The molecule has 5 heteroatoms. The second-order valence-electron chi connectivity index (χ2n) is 6.90. The summed E-state index contributed by atoms with van der Waals surface area (Å²) in [6.45, 7) is 10.2. The molecular formula is C16H24N2O2S. The van der Waals surface area contributed by atoms with Crippen LogP contribution in [-0.2, 0) is 16.1 Å². The summed E-state index contributed by atoms with van der Waals surface area (Å²) in [5.41, 5.74) is -1.07. The van der Waals surface area contributed by atoms with E-state index in [1.165, 1.54) is 0 Å². The Hall–Kier alpha value is -1.36. The van der Waals surface area contributed by atoms with Crippen LogP contribution in [0.2, 0.25) is 0 Å². The number of hydrogen-bond donors (Lipinski definition) is 1. The van der Waals surface area contributed by atoms with E-state index < -0.39 is 11.6 Å². The molecule has 0 aliphatic carbocycles. The fourth-order valence-corrected chi connectivity index (χ4v) is 3.31. The third-order valence-corrected chi connectivity index (χ3v) is 5.18. The second-order valence-corrected chi connectivity index (χ2v) is 7.94. The Morgan fingerprint density at radius 3 is 2.52 bits per heavy atom. The van der Waals surface area contributed by atoms with Gasteiger partial charge in [-0.25, -0.2) is 0 Å². The van der Waals surface area contributed by atoms with Gasteiger partial charge in [0.15, 0.2) is 0 Å². The van der Waals surface area contributed by atoms with Gasteiger partial charge in [0.05, 0.1) is 6.54 Å². The highest BCUT2D eigenvalue weighted by molar-refractivity contribution is 7.09. The molecule has 116 valence electrons. The molecule has 2 heterocycles. The predicted octanol–water partition coefficient (Wildman–Crippen LogP) is 2.79. The van der Waals surface area contributed by atoms with Gasteiger partial charge >= 0.3 is 0 Å². The average Bonchev–Trinajstić information content (AvgIpc) is 2.90. The first-order chi connectivity index (χ1) is 9.70. The number of thiophene rings is 1. The van der Waals surface area contributed by atoms with E-state index in [2.05, 4.69) is 5.32 Å². The number of carbonyl (C=O) groups is 2. The molecule has 2 rings (SSSR count). The van der Waals surface area contributed by atoms with E-state index in [9.17, 15) is 9.59 Å². The van der Waals surface area contributed by atoms with Gasteiger partial charge in [0, 0.05) is 4.88 Å². The van der Waals surface area contributed by atoms with Crippen LogP contribution in [0.1, 0.15) is 45.9 Å². The van der Waals surface area contributed by atoms with Crippen LogP contribution < -0.4 is 5.32 Å². The summed E-state index contributed by atoms with van der Waals surface area (Å²) in [4.78, 5) is 28.4. The van der Waals surface area contributed by atoms with Crippen molar-refractivity contribution in [1.29, 1.82) is 0 Å². The van der Waals surface area contributed by atoms with Gasteiger partial charge in [-0.05, 0) is 30.2 Å². The van der Waals surface area contributed by atoms with E-state index >= 15 is 0 Å². The van der Waals surface area contributed by atoms with Crippen molar-refractivity contribution in [3.05, 3.63) is 22.4 Å². The Kier molecular flexibility index (Phi) is 4.15. The standard InChI is InChI=1S/C16H24N2O2S/c1-6-16(5)14(20)17-12(15(2,3)4)13(19)18(16)10-11-8-7-9-21-11/h7-9,12H,6,10H2,1-5H3,(H,17,20). The number of rotatable bonds is 3. The molecular weight excluding hydrogens is 284 g/mol. The minimum absolute atomic E-state index is 0.0138. The molecule has 2 amide bonds. The van der Waals surface area contributed by atoms with E-state index in [1.807, 2.05) is 52.1 Å². The fourth-order valence-electron chi connectivity index (χ4n) is 2.62. The molecule has 0 aromatic carbocycles. The maximum absolute atomic E-state index is 12.9. The number of amides is 2. The number of nitrogens with one attached hydrogen (secondary N) is 1. The summed E-state index contributed by atoms with van der Waals surface area (Å²) in [6.07, 6.45) is 0.604. The van der Waals surface area contributed by atoms with Crippen molar-refractivity contribution in [1.82, 2.24) is 10.2 Å². The van der Waals surface area contributed by atoms with Crippen molar-refractivity contribution in [2.24, 2.45) is 5.41 Å². The Morgan fingerprint density at radius 1 is 1.38 bits per heavy atom. The van der Waals surface area contributed by atoms with Crippen molar-refractivity contribution in [3.63, 3.8) is 0 Å². The predicted molar refractivity (Wildman–Crippen MR) is 85.0 cm³/mol. The van der Waals surface area contributed by atoms with Gasteiger partial charge in [0.1, 0.15) is 11.6 Å². The van der Waals surface area contributed by atoms with Crippen LogP contribution >= 0.6 is 11.3 Å². The van der Waals surface area contributed by atoms with Crippen molar-refractivity contribution in [2.45, 2.75) is 59.2 Å². The van der Waals surface area contributed by atoms with E-state index in [1.54, 1.807) is 16.2 Å². The smallest absolute Gasteiger partial charge is 0.246 e. The van der Waals surface area contributed by atoms with Crippen LogP contribution in [0, 0.1) is 5.41 Å². The molecule has 1 N–H and O–H groups in total. The number of hydrogen-bond acceptors (Lipinski definition) is 3. The van der Waals surface area contributed by atoms with Gasteiger partial charge in [-0.2, -0.15) is 0 Å². The van der Waals surface area contributed by atoms with Crippen LogP contribution in [0.4, 0.5) is 0 Å². The molecule has 21 heavy (non-hydrogen) atoms. The molecule has 1 aromatic rings. The highest BCUT2D eigenvalue weighted by atomic mass is 32.1. The fraction of sp³-hybridized carbons (Fsp3) is 0.625. The van der Waals surface area contributed by atoms with Gasteiger partial charge in [0.25, 0.3) is 0 Å². The molecule has 1 fully saturated rings. The number of piperazine rings is 1. The minimum atomic E-state index is -0.775. The lowest BCUT2D eigenvalue weighted by atomic mass is 9.80. The zero-order chi connectivity index (χ0) is 15.8. The van der Waals surface area contributed by atoms with Crippen LogP contribution in [0.15, 0.2) is 17.5 Å². The molecule has 2 atom stereocenters. The molecule has 1 aromatic heterocycles. The number of nitrogens with zero attached hydrogens (tertiary/aromatic N) is 1. The first-order valence-corrected chi connectivity index (χ1v) is 8.23. The van der Waals surface area contributed by atoms with E-state index in [-0.39, 0.29) is 17.2 Å². The summed E-state index contributed by atoms with van der Waals surface area (Å²) in [6, 6.07) is 3.51. The van der Waals surface area contributed by atoms with Gasteiger partial charge in [-0.3, -0.25) is 9.59 Å². The summed E-state index contributed by atoms with van der Waals surface area (Å²) in [7, 11) is 0. The van der Waals surface area contributed by atoms with Crippen molar-refractivity contribution in [3.8, 4) is 0 Å². The third kappa shape index (κ3) is 2.84. The molecule has 0 saturated carbocycles. The topological polar surface area (TPSA) is 49.4 Å². The summed E-state index contributed by atoms with van der Waals surface area (Å²) >= 11 is 1.61. The average molecular weight is 308 g/mol. The normalized spacial score (nSPS) is 26.9. The molecule has 0 spiro atoms. The molecule has 0 bridgehead atoms. The highest BCUT2D eigenvalue weighted by Crippen LogP contribution is 2.33. The van der Waals surface area contributed by atoms with Crippen LogP contribution in [0.25, 0.3) is 0 Å². The van der Waals surface area contributed by atoms with Crippen LogP contribution in [0.5, 0.6) is 0 Å². The Labute approximate surface area is 130 Å². The van der Waals surface area contributed by atoms with E-state index in [0.29, 0.717) is 13.0 Å². The van der Waals surface area contributed by atoms with Gasteiger partial charge < -0.3 is 10.2 Å². The van der Waals surface area contributed by atoms with Crippen LogP contribution in [-0.4, -0.2) is 28.3 Å². The van der Waals surface area contributed by atoms with Gasteiger partial charge in [0.2, 0.25) is 11.8 Å². The molecule has 1 aliphatic heterocycles. The van der Waals surface area contributed by atoms with Gasteiger partial charge in [-0.1, -0.05) is 33.8 Å². The largest absolute Gasteiger partial charge is 0.342 e. The highest BCUT2D eigenvalue weighted by Gasteiger charge is 2.51. The molecule has 1 aliphatic rings. The van der Waals surface area contributed by atoms with Crippen LogP contribution in [0.3, 0.4) is 0 Å². The van der Waals surface area contributed by atoms with Crippen molar-refractivity contribution in [2.75, 3.05) is 0 Å². The maximum Gasteiger partial charge on any atom is 0.246 e. The Morgan fingerprint density at radius 2 is 2.05 bits per heavy atom. The quantitative estimate of drug-likeness (QED) is 0.933. The first kappa shape index (κ1) is 16.0. The summed E-state index contributed by atoms with van der Waals surface area (Å²) < 4.78 is 0. The minimum Gasteiger partial charge on any atom is -0.342 e. The second kappa shape index (κ2) is 5.44. The zero-order valence-corrected chi connectivity index (χ0v) is 14.2. The number of carbonyl (C=O) groups excluding carboxylic acids is 2. The van der Waals surface area contributed by atoms with Crippen molar-refractivity contribution >= 4 is 23.2 Å².